The summed E-state index contributed by atoms with van der Waals surface area (Å²) < 4.78 is 7.02. The van der Waals surface area contributed by atoms with E-state index in [0.29, 0.717) is 30.2 Å². The Labute approximate surface area is 178 Å². The first-order valence-electron chi connectivity index (χ1n) is 10.1. The number of fused-ring (bicyclic) bond motifs is 1. The number of aromatic amines is 1. The lowest BCUT2D eigenvalue weighted by atomic mass is 9.74. The topological polar surface area (TPSA) is 102 Å². The van der Waals surface area contributed by atoms with Crippen LogP contribution in [0.5, 0.6) is 5.88 Å². The maximum Gasteiger partial charge on any atom is 0.236 e. The van der Waals surface area contributed by atoms with Crippen molar-refractivity contribution in [2.45, 2.75) is 38.5 Å². The average Bonchev–Trinajstić information content (AvgIpc) is 3.37. The number of hydrogen-bond acceptors (Lipinski definition) is 8. The van der Waals surface area contributed by atoms with Gasteiger partial charge in [-0.3, -0.25) is 5.10 Å². The largest absolute Gasteiger partial charge is 0.476 e. The predicted molar refractivity (Wildman–Crippen MR) is 116 cm³/mol. The number of anilines is 2. The lowest BCUT2D eigenvalue weighted by Gasteiger charge is -2.33. The highest BCUT2D eigenvalue weighted by molar-refractivity contribution is 7.17. The Kier molecular flexibility index (Phi) is 5.04. The number of H-pyrrole nitrogens is 1. The Morgan fingerprint density at radius 1 is 1.23 bits per heavy atom. The van der Waals surface area contributed by atoms with Crippen LogP contribution in [0.3, 0.4) is 0 Å². The molecule has 0 spiro atoms. The molecule has 30 heavy (non-hydrogen) atoms. The van der Waals surface area contributed by atoms with Crippen LogP contribution in [0.4, 0.5) is 11.6 Å². The van der Waals surface area contributed by atoms with Gasteiger partial charge < -0.3 is 10.1 Å². The van der Waals surface area contributed by atoms with Crippen molar-refractivity contribution in [3.63, 3.8) is 0 Å². The molecule has 0 aliphatic heterocycles. The number of nitrogens with one attached hydrogen (secondary N) is 2. The first-order chi connectivity index (χ1) is 14.7. The van der Waals surface area contributed by atoms with E-state index in [-0.39, 0.29) is 0 Å². The molecular formula is C21H23N7OS. The van der Waals surface area contributed by atoms with E-state index in [2.05, 4.69) is 55.6 Å². The van der Waals surface area contributed by atoms with E-state index in [1.807, 2.05) is 17.6 Å². The Morgan fingerprint density at radius 2 is 2.13 bits per heavy atom. The summed E-state index contributed by atoms with van der Waals surface area (Å²) in [6, 6.07) is 5.97. The van der Waals surface area contributed by atoms with Crippen LogP contribution in [0.15, 0.2) is 36.1 Å². The fraction of sp³-hybridized carbons (Fsp3) is 0.381. The molecule has 0 saturated heterocycles. The van der Waals surface area contributed by atoms with Gasteiger partial charge in [-0.25, -0.2) is 9.97 Å². The third kappa shape index (κ3) is 3.72. The summed E-state index contributed by atoms with van der Waals surface area (Å²) in [5, 5.41) is 19.0. The smallest absolute Gasteiger partial charge is 0.236 e. The molecule has 0 bridgehead atoms. The molecule has 2 N–H and O–H groups in total. The molecule has 1 fully saturated rings. The van der Waals surface area contributed by atoms with Crippen LogP contribution in [0.1, 0.15) is 49.8 Å². The molecule has 4 aromatic rings. The van der Waals surface area contributed by atoms with E-state index >= 15 is 0 Å². The minimum atomic E-state index is 0.366. The molecule has 8 nitrogen and oxygen atoms in total. The van der Waals surface area contributed by atoms with E-state index in [4.69, 9.17) is 4.74 Å². The molecule has 0 unspecified atom stereocenters. The summed E-state index contributed by atoms with van der Waals surface area (Å²) in [4.78, 5) is 8.76. The van der Waals surface area contributed by atoms with E-state index in [1.165, 1.54) is 0 Å². The molecule has 9 heteroatoms. The lowest BCUT2D eigenvalue weighted by molar-refractivity contribution is 0.150. The second kappa shape index (κ2) is 7.98. The van der Waals surface area contributed by atoms with Gasteiger partial charge in [-0.05, 0) is 36.8 Å². The van der Waals surface area contributed by atoms with Crippen LogP contribution < -0.4 is 10.1 Å². The highest BCUT2D eigenvalue weighted by atomic mass is 32.1. The van der Waals surface area contributed by atoms with Gasteiger partial charge in [-0.2, -0.15) is 10.2 Å². The Morgan fingerprint density at radius 3 is 3.00 bits per heavy atom. The number of hydrogen-bond donors (Lipinski definition) is 2. The van der Waals surface area contributed by atoms with Crippen molar-refractivity contribution < 1.29 is 4.74 Å². The van der Waals surface area contributed by atoms with Crippen LogP contribution in [0, 0.1) is 5.92 Å². The van der Waals surface area contributed by atoms with E-state index in [1.54, 1.807) is 23.7 Å². The van der Waals surface area contributed by atoms with Gasteiger partial charge in [0.15, 0.2) is 5.82 Å². The van der Waals surface area contributed by atoms with Crippen LogP contribution in [0.25, 0.3) is 10.2 Å². The van der Waals surface area contributed by atoms with Crippen LogP contribution in [0.2, 0.25) is 0 Å². The minimum Gasteiger partial charge on any atom is -0.476 e. The Balaban J connectivity index is 1.17. The van der Waals surface area contributed by atoms with Gasteiger partial charge >= 0.3 is 0 Å². The molecule has 4 heterocycles. The van der Waals surface area contributed by atoms with Gasteiger partial charge in [0.1, 0.15) is 5.82 Å². The molecule has 5 rings (SSSR count). The monoisotopic (exact) mass is 421 g/mol. The van der Waals surface area contributed by atoms with Crippen LogP contribution >= 0.6 is 11.3 Å². The fourth-order valence-corrected chi connectivity index (χ4v) is 4.54. The zero-order chi connectivity index (χ0) is 20.5. The quantitative estimate of drug-likeness (QED) is 0.448. The zero-order valence-corrected chi connectivity index (χ0v) is 17.7. The summed E-state index contributed by atoms with van der Waals surface area (Å²) in [6.45, 7) is 4.94. The molecule has 0 amide bonds. The van der Waals surface area contributed by atoms with Crippen molar-refractivity contribution in [3.05, 3.63) is 47.4 Å². The van der Waals surface area contributed by atoms with E-state index < -0.39 is 0 Å². The second-order valence-corrected chi connectivity index (χ2v) is 8.84. The van der Waals surface area contributed by atoms with Gasteiger partial charge in [0.25, 0.3) is 0 Å². The molecule has 1 aliphatic carbocycles. The first-order valence-corrected chi connectivity index (χ1v) is 11.0. The van der Waals surface area contributed by atoms with Crippen molar-refractivity contribution in [2.75, 3.05) is 11.9 Å². The van der Waals surface area contributed by atoms with Crippen LogP contribution in [-0.2, 0) is 0 Å². The number of ether oxygens (including phenoxy) is 1. The minimum absolute atomic E-state index is 0.366. The normalized spacial score (nSPS) is 18.5. The highest BCUT2D eigenvalue weighted by Gasteiger charge is 2.33. The van der Waals surface area contributed by atoms with Crippen molar-refractivity contribution >= 4 is 33.2 Å². The molecule has 1 saturated carbocycles. The third-order valence-electron chi connectivity index (χ3n) is 5.54. The molecule has 1 aliphatic rings. The predicted octanol–water partition coefficient (Wildman–Crippen LogP) is 4.64. The molecule has 0 atom stereocenters. The summed E-state index contributed by atoms with van der Waals surface area (Å²) in [6.07, 6.45) is 5.60. The Bertz CT molecular complexity index is 1150. The van der Waals surface area contributed by atoms with E-state index in [9.17, 15) is 0 Å². The first kappa shape index (κ1) is 18.9. The number of aromatic nitrogens is 6. The lowest BCUT2D eigenvalue weighted by Crippen LogP contribution is -2.27. The average molecular weight is 422 g/mol. The maximum absolute atomic E-state index is 5.98. The second-order valence-electron chi connectivity index (χ2n) is 7.98. The summed E-state index contributed by atoms with van der Waals surface area (Å²) in [5.41, 5.74) is 4.96. The maximum atomic E-state index is 5.98. The van der Waals surface area contributed by atoms with Gasteiger partial charge in [-0.15, -0.1) is 16.4 Å². The van der Waals surface area contributed by atoms with Crippen molar-refractivity contribution in [1.29, 1.82) is 0 Å². The van der Waals surface area contributed by atoms with Crippen molar-refractivity contribution in [2.24, 2.45) is 5.92 Å². The standard InChI is InChI=1S/C21H23N7OS/c1-12(2)15-3-6-24-28-21(15)29-10-13-7-14(8-13)17-9-18(27-26-17)25-20-19-16(4-5-22-20)23-11-30-19/h3-6,9,11-14H,7-8,10H2,1-2H3,(H2,22,25,26,27)/t13-,14+. The summed E-state index contributed by atoms with van der Waals surface area (Å²) in [5.74, 6) is 3.63. The summed E-state index contributed by atoms with van der Waals surface area (Å²) in [7, 11) is 0. The van der Waals surface area contributed by atoms with Gasteiger partial charge in [-0.1, -0.05) is 13.8 Å². The summed E-state index contributed by atoms with van der Waals surface area (Å²) >= 11 is 1.57. The van der Waals surface area contributed by atoms with Gasteiger partial charge in [0, 0.05) is 23.7 Å². The molecular weight excluding hydrogens is 398 g/mol. The SMILES string of the molecule is CC(C)c1ccnnc1OC[C@H]1C[C@@H](c2cc(Nc3nccc4ncsc34)[nH]n2)C1. The fourth-order valence-electron chi connectivity index (χ4n) is 3.81. The highest BCUT2D eigenvalue weighted by Crippen LogP contribution is 2.42. The Hall–Kier alpha value is -3.07. The number of thiazole rings is 1. The van der Waals surface area contributed by atoms with Crippen molar-refractivity contribution in [1.82, 2.24) is 30.4 Å². The third-order valence-corrected chi connectivity index (χ3v) is 6.39. The number of pyridine rings is 1. The molecule has 4 aromatic heterocycles. The number of nitrogens with zero attached hydrogens (tertiary/aromatic N) is 5. The molecule has 0 aromatic carbocycles. The molecule has 154 valence electrons. The number of rotatable bonds is 7. The zero-order valence-electron chi connectivity index (χ0n) is 16.9. The van der Waals surface area contributed by atoms with Crippen molar-refractivity contribution in [3.8, 4) is 5.88 Å². The molecule has 0 radical (unpaired) electrons. The van der Waals surface area contributed by atoms with Gasteiger partial charge in [0.05, 0.1) is 34.2 Å². The van der Waals surface area contributed by atoms with Crippen LogP contribution in [-0.4, -0.2) is 37.0 Å². The van der Waals surface area contributed by atoms with E-state index in [0.717, 1.165) is 46.0 Å². The van der Waals surface area contributed by atoms with Gasteiger partial charge in [0.2, 0.25) is 5.88 Å².